The van der Waals surface area contributed by atoms with Gasteiger partial charge in [-0.2, -0.15) is 0 Å². The standard InChI is InChI=1S/C20H30N2O2/c1-15(2)19-13-17(10-12-24-19)21-20(23)18-9-6-11-22(18)14-16-7-4-3-5-8-16/h3-5,7-8,15,17-19H,6,9-14H2,1-2H3,(H,21,23)/t17-,18+,19-/m0/s1. The highest BCUT2D eigenvalue weighted by Gasteiger charge is 2.33. The van der Waals surface area contributed by atoms with E-state index in [1.54, 1.807) is 0 Å². The summed E-state index contributed by atoms with van der Waals surface area (Å²) in [5.41, 5.74) is 1.28. The molecule has 1 aromatic rings. The second-order valence-corrected chi connectivity index (χ2v) is 7.50. The molecule has 2 heterocycles. The Balaban J connectivity index is 1.55. The van der Waals surface area contributed by atoms with Crippen molar-refractivity contribution in [2.45, 2.75) is 64.3 Å². The Kier molecular flexibility index (Phi) is 5.90. The van der Waals surface area contributed by atoms with Crippen LogP contribution >= 0.6 is 0 Å². The van der Waals surface area contributed by atoms with E-state index in [-0.39, 0.29) is 24.1 Å². The van der Waals surface area contributed by atoms with Crippen molar-refractivity contribution in [3.63, 3.8) is 0 Å². The molecule has 24 heavy (non-hydrogen) atoms. The Morgan fingerprint density at radius 3 is 2.83 bits per heavy atom. The van der Waals surface area contributed by atoms with Gasteiger partial charge in [-0.05, 0) is 43.7 Å². The molecule has 1 N–H and O–H groups in total. The highest BCUT2D eigenvalue weighted by Crippen LogP contribution is 2.23. The average Bonchev–Trinajstić information content (AvgIpc) is 3.04. The Labute approximate surface area is 145 Å². The van der Waals surface area contributed by atoms with E-state index < -0.39 is 0 Å². The van der Waals surface area contributed by atoms with Gasteiger partial charge in [-0.15, -0.1) is 0 Å². The maximum atomic E-state index is 12.8. The van der Waals surface area contributed by atoms with Gasteiger partial charge in [0.1, 0.15) is 0 Å². The lowest BCUT2D eigenvalue weighted by Gasteiger charge is -2.33. The summed E-state index contributed by atoms with van der Waals surface area (Å²) in [5, 5.41) is 3.30. The zero-order valence-electron chi connectivity index (χ0n) is 14.9. The molecule has 0 bridgehead atoms. The van der Waals surface area contributed by atoms with Gasteiger partial charge in [0.15, 0.2) is 0 Å². The summed E-state index contributed by atoms with van der Waals surface area (Å²) in [5.74, 6) is 0.712. The fourth-order valence-electron chi connectivity index (χ4n) is 3.85. The number of rotatable bonds is 5. The molecule has 0 saturated carbocycles. The third kappa shape index (κ3) is 4.37. The quantitative estimate of drug-likeness (QED) is 0.902. The molecule has 4 heteroatoms. The number of hydrogen-bond acceptors (Lipinski definition) is 3. The van der Waals surface area contributed by atoms with E-state index in [9.17, 15) is 4.79 Å². The van der Waals surface area contributed by atoms with Crippen LogP contribution in [0.2, 0.25) is 0 Å². The van der Waals surface area contributed by atoms with Crippen molar-refractivity contribution in [2.75, 3.05) is 13.2 Å². The predicted molar refractivity (Wildman–Crippen MR) is 95.6 cm³/mol. The summed E-state index contributed by atoms with van der Waals surface area (Å²) in [6.45, 7) is 7.00. The second kappa shape index (κ2) is 8.13. The summed E-state index contributed by atoms with van der Waals surface area (Å²) in [7, 11) is 0. The number of carbonyl (C=O) groups is 1. The van der Waals surface area contributed by atoms with Gasteiger partial charge < -0.3 is 10.1 Å². The van der Waals surface area contributed by atoms with Gasteiger partial charge in [-0.1, -0.05) is 44.2 Å². The fourth-order valence-corrected chi connectivity index (χ4v) is 3.85. The Morgan fingerprint density at radius 1 is 1.29 bits per heavy atom. The second-order valence-electron chi connectivity index (χ2n) is 7.50. The van der Waals surface area contributed by atoms with Gasteiger partial charge in [0.2, 0.25) is 5.91 Å². The van der Waals surface area contributed by atoms with Crippen molar-refractivity contribution >= 4 is 5.91 Å². The zero-order valence-corrected chi connectivity index (χ0v) is 14.9. The number of nitrogens with zero attached hydrogens (tertiary/aromatic N) is 1. The third-order valence-electron chi connectivity index (χ3n) is 5.30. The molecule has 0 aliphatic carbocycles. The van der Waals surface area contributed by atoms with Crippen LogP contribution in [0.1, 0.15) is 45.1 Å². The van der Waals surface area contributed by atoms with Crippen molar-refractivity contribution < 1.29 is 9.53 Å². The number of benzene rings is 1. The Hall–Kier alpha value is -1.39. The van der Waals surface area contributed by atoms with Crippen LogP contribution in [0.5, 0.6) is 0 Å². The van der Waals surface area contributed by atoms with Crippen LogP contribution in [0, 0.1) is 5.92 Å². The minimum Gasteiger partial charge on any atom is -0.378 e. The van der Waals surface area contributed by atoms with Crippen LogP contribution in [0.15, 0.2) is 30.3 Å². The SMILES string of the molecule is CC(C)[C@@H]1C[C@@H](NC(=O)[C@H]2CCCN2Cc2ccccc2)CCO1. The molecule has 3 rings (SSSR count). The number of carbonyl (C=O) groups excluding carboxylic acids is 1. The molecular formula is C20H30N2O2. The minimum atomic E-state index is 0.0190. The van der Waals surface area contributed by atoms with E-state index in [1.165, 1.54) is 5.56 Å². The van der Waals surface area contributed by atoms with E-state index in [0.717, 1.165) is 45.4 Å². The fraction of sp³-hybridized carbons (Fsp3) is 0.650. The number of hydrogen-bond donors (Lipinski definition) is 1. The third-order valence-corrected chi connectivity index (χ3v) is 5.30. The van der Waals surface area contributed by atoms with Crippen molar-refractivity contribution in [2.24, 2.45) is 5.92 Å². The maximum absolute atomic E-state index is 12.8. The molecule has 1 amide bonds. The smallest absolute Gasteiger partial charge is 0.237 e. The molecule has 2 aliphatic rings. The van der Waals surface area contributed by atoms with Crippen molar-refractivity contribution in [3.05, 3.63) is 35.9 Å². The first-order valence-corrected chi connectivity index (χ1v) is 9.33. The molecule has 132 valence electrons. The first-order valence-electron chi connectivity index (χ1n) is 9.33. The van der Waals surface area contributed by atoms with Gasteiger partial charge in [0, 0.05) is 19.2 Å². The van der Waals surface area contributed by atoms with E-state index in [2.05, 4.69) is 48.3 Å². The van der Waals surface area contributed by atoms with Gasteiger partial charge in [-0.3, -0.25) is 9.69 Å². The van der Waals surface area contributed by atoms with E-state index >= 15 is 0 Å². The molecule has 2 saturated heterocycles. The van der Waals surface area contributed by atoms with Crippen LogP contribution in [0.25, 0.3) is 0 Å². The molecular weight excluding hydrogens is 300 g/mol. The highest BCUT2D eigenvalue weighted by molar-refractivity contribution is 5.82. The topological polar surface area (TPSA) is 41.6 Å². The lowest BCUT2D eigenvalue weighted by molar-refractivity contribution is -0.127. The first-order chi connectivity index (χ1) is 11.6. The summed E-state index contributed by atoms with van der Waals surface area (Å²) in [6, 6.07) is 10.7. The number of likely N-dealkylation sites (tertiary alicyclic amines) is 1. The number of amides is 1. The summed E-state index contributed by atoms with van der Waals surface area (Å²) >= 11 is 0. The minimum absolute atomic E-state index is 0.0190. The molecule has 4 nitrogen and oxygen atoms in total. The zero-order chi connectivity index (χ0) is 16.9. The number of ether oxygens (including phenoxy) is 1. The molecule has 0 spiro atoms. The monoisotopic (exact) mass is 330 g/mol. The largest absolute Gasteiger partial charge is 0.378 e. The molecule has 0 unspecified atom stereocenters. The van der Waals surface area contributed by atoms with Gasteiger partial charge >= 0.3 is 0 Å². The van der Waals surface area contributed by atoms with Crippen LogP contribution in [0.4, 0.5) is 0 Å². The summed E-state index contributed by atoms with van der Waals surface area (Å²) in [6.07, 6.45) is 4.21. The maximum Gasteiger partial charge on any atom is 0.237 e. The van der Waals surface area contributed by atoms with Gasteiger partial charge in [0.05, 0.1) is 12.1 Å². The number of nitrogens with one attached hydrogen (secondary N) is 1. The van der Waals surface area contributed by atoms with Crippen molar-refractivity contribution in [1.82, 2.24) is 10.2 Å². The molecule has 0 radical (unpaired) electrons. The predicted octanol–water partition coefficient (Wildman–Crippen LogP) is 2.97. The van der Waals surface area contributed by atoms with Gasteiger partial charge in [-0.25, -0.2) is 0 Å². The van der Waals surface area contributed by atoms with Crippen LogP contribution in [0.3, 0.4) is 0 Å². The van der Waals surface area contributed by atoms with E-state index in [4.69, 9.17) is 4.74 Å². The molecule has 3 atom stereocenters. The van der Waals surface area contributed by atoms with Crippen LogP contribution in [-0.4, -0.2) is 42.1 Å². The highest BCUT2D eigenvalue weighted by atomic mass is 16.5. The Morgan fingerprint density at radius 2 is 2.08 bits per heavy atom. The Bertz CT molecular complexity index is 532. The average molecular weight is 330 g/mol. The lowest BCUT2D eigenvalue weighted by Crippen LogP contribution is -2.49. The van der Waals surface area contributed by atoms with Crippen LogP contribution < -0.4 is 5.32 Å². The normalized spacial score (nSPS) is 28.2. The van der Waals surface area contributed by atoms with Crippen molar-refractivity contribution in [3.8, 4) is 0 Å². The molecule has 1 aromatic carbocycles. The first kappa shape index (κ1) is 17.4. The van der Waals surface area contributed by atoms with E-state index in [1.807, 2.05) is 6.07 Å². The summed E-state index contributed by atoms with van der Waals surface area (Å²) < 4.78 is 5.82. The van der Waals surface area contributed by atoms with E-state index in [0.29, 0.717) is 5.92 Å². The molecule has 2 aliphatic heterocycles. The van der Waals surface area contributed by atoms with Crippen molar-refractivity contribution in [1.29, 1.82) is 0 Å². The van der Waals surface area contributed by atoms with Gasteiger partial charge in [0.25, 0.3) is 0 Å². The molecule has 0 aromatic heterocycles. The lowest BCUT2D eigenvalue weighted by atomic mass is 9.95. The summed E-state index contributed by atoms with van der Waals surface area (Å²) in [4.78, 5) is 15.1. The van der Waals surface area contributed by atoms with Crippen LogP contribution in [-0.2, 0) is 16.1 Å². The molecule has 2 fully saturated rings.